The van der Waals surface area contributed by atoms with Crippen LogP contribution >= 0.6 is 0 Å². The van der Waals surface area contributed by atoms with Crippen molar-refractivity contribution in [2.75, 3.05) is 13.1 Å². The van der Waals surface area contributed by atoms with Crippen molar-refractivity contribution >= 4 is 16.8 Å². The smallest absolute Gasteiger partial charge is 0.224 e. The molecule has 2 fully saturated rings. The molecule has 1 aliphatic carbocycles. The van der Waals surface area contributed by atoms with Crippen molar-refractivity contribution in [3.8, 4) is 0 Å². The van der Waals surface area contributed by atoms with E-state index in [-0.39, 0.29) is 11.8 Å². The van der Waals surface area contributed by atoms with Gasteiger partial charge in [0.1, 0.15) is 0 Å². The van der Waals surface area contributed by atoms with Crippen molar-refractivity contribution in [2.24, 2.45) is 17.8 Å². The van der Waals surface area contributed by atoms with Crippen LogP contribution in [0.3, 0.4) is 0 Å². The molecule has 3 aromatic rings. The van der Waals surface area contributed by atoms with Gasteiger partial charge in [-0.1, -0.05) is 48.5 Å². The van der Waals surface area contributed by atoms with Gasteiger partial charge in [-0.25, -0.2) is 0 Å². The van der Waals surface area contributed by atoms with Crippen molar-refractivity contribution < 1.29 is 4.79 Å². The fourth-order valence-electron chi connectivity index (χ4n) is 4.72. The van der Waals surface area contributed by atoms with Crippen molar-refractivity contribution in [2.45, 2.75) is 25.9 Å². The highest BCUT2D eigenvalue weighted by Gasteiger charge is 2.57. The third-order valence-electron chi connectivity index (χ3n) is 6.26. The van der Waals surface area contributed by atoms with E-state index in [0.717, 1.165) is 29.7 Å². The minimum atomic E-state index is -0.525. The molecule has 0 spiro atoms. The van der Waals surface area contributed by atoms with Gasteiger partial charge in [0.25, 0.3) is 0 Å². The molecule has 0 bridgehead atoms. The van der Waals surface area contributed by atoms with Crippen LogP contribution in [0.2, 0.25) is 0 Å². The van der Waals surface area contributed by atoms with Crippen LogP contribution < -0.4 is 10.6 Å². The fourth-order valence-corrected chi connectivity index (χ4v) is 4.72. The Hall–Kier alpha value is -2.66. The van der Waals surface area contributed by atoms with Gasteiger partial charge in [-0.05, 0) is 50.4 Å². The summed E-state index contributed by atoms with van der Waals surface area (Å²) < 4.78 is 2.05. The minimum Gasteiger partial charge on any atom is -0.345 e. The second-order valence-electron chi connectivity index (χ2n) is 8.63. The number of piperidine rings is 1. The maximum atomic E-state index is 12.9. The van der Waals surface area contributed by atoms with E-state index >= 15 is 0 Å². The molecule has 1 amide bonds. The fraction of sp³-hybridized carbons (Fsp3) is 0.391. The van der Waals surface area contributed by atoms with Gasteiger partial charge in [0.05, 0.1) is 23.3 Å². The number of amides is 1. The first-order chi connectivity index (χ1) is 13.5. The second-order valence-corrected chi connectivity index (χ2v) is 8.63. The summed E-state index contributed by atoms with van der Waals surface area (Å²) in [5, 5.41) is 12.7. The standard InChI is InChI=1S/C23H26N4O/c1-23(2,25-22(28)20-17-12-24-13-18(17)20)21-16-10-6-7-11-19(16)27(26-21)14-15-8-4-3-5-9-15/h3-11,17-18,20,24H,12-14H2,1-2H3,(H,25,28)/t17-,18+,20?. The zero-order valence-corrected chi connectivity index (χ0v) is 16.4. The lowest BCUT2D eigenvalue weighted by Gasteiger charge is -2.25. The van der Waals surface area contributed by atoms with Gasteiger partial charge in [0, 0.05) is 11.3 Å². The van der Waals surface area contributed by atoms with Crippen LogP contribution in [0.15, 0.2) is 54.6 Å². The summed E-state index contributed by atoms with van der Waals surface area (Å²) in [5.41, 5.74) is 2.71. The molecule has 2 aromatic carbocycles. The zero-order valence-electron chi connectivity index (χ0n) is 16.4. The van der Waals surface area contributed by atoms with Gasteiger partial charge in [0.15, 0.2) is 0 Å². The third-order valence-corrected chi connectivity index (χ3v) is 6.26. The van der Waals surface area contributed by atoms with Gasteiger partial charge in [-0.2, -0.15) is 5.10 Å². The van der Waals surface area contributed by atoms with Crippen molar-refractivity contribution in [1.29, 1.82) is 0 Å². The summed E-state index contributed by atoms with van der Waals surface area (Å²) in [6.45, 7) is 6.77. The number of para-hydroxylation sites is 1. The monoisotopic (exact) mass is 374 g/mol. The summed E-state index contributed by atoms with van der Waals surface area (Å²) in [7, 11) is 0. The Morgan fingerprint density at radius 2 is 1.79 bits per heavy atom. The average molecular weight is 374 g/mol. The molecule has 1 saturated carbocycles. The van der Waals surface area contributed by atoms with Gasteiger partial charge in [-0.3, -0.25) is 9.48 Å². The van der Waals surface area contributed by atoms with Crippen LogP contribution in [0.5, 0.6) is 0 Å². The summed E-state index contributed by atoms with van der Waals surface area (Å²) in [6.07, 6.45) is 0. The lowest BCUT2D eigenvalue weighted by Crippen LogP contribution is -2.43. The van der Waals surface area contributed by atoms with Crippen LogP contribution in [0.25, 0.3) is 10.9 Å². The van der Waals surface area contributed by atoms with E-state index in [0.29, 0.717) is 18.4 Å². The van der Waals surface area contributed by atoms with Crippen LogP contribution in [0, 0.1) is 17.8 Å². The number of rotatable bonds is 5. The van der Waals surface area contributed by atoms with Crippen LogP contribution in [0.4, 0.5) is 0 Å². The van der Waals surface area contributed by atoms with Crippen molar-refractivity contribution in [3.05, 3.63) is 65.9 Å². The Morgan fingerprint density at radius 1 is 1.11 bits per heavy atom. The van der Waals surface area contributed by atoms with E-state index in [9.17, 15) is 4.79 Å². The first-order valence-electron chi connectivity index (χ1n) is 10.1. The Balaban J connectivity index is 1.45. The number of carbonyl (C=O) groups excluding carboxylic acids is 1. The molecular weight excluding hydrogens is 348 g/mol. The van der Waals surface area contributed by atoms with Crippen LogP contribution in [0.1, 0.15) is 25.1 Å². The molecule has 5 nitrogen and oxygen atoms in total. The number of benzene rings is 2. The Morgan fingerprint density at radius 3 is 2.54 bits per heavy atom. The van der Waals surface area contributed by atoms with Gasteiger partial charge in [0.2, 0.25) is 5.91 Å². The largest absolute Gasteiger partial charge is 0.345 e. The number of fused-ring (bicyclic) bond motifs is 2. The first-order valence-corrected chi connectivity index (χ1v) is 10.1. The van der Waals surface area contributed by atoms with E-state index in [1.165, 1.54) is 5.56 Å². The molecule has 5 rings (SSSR count). The number of nitrogens with zero attached hydrogens (tertiary/aromatic N) is 2. The number of hydrogen-bond donors (Lipinski definition) is 2. The third kappa shape index (κ3) is 2.90. The molecule has 0 radical (unpaired) electrons. The molecule has 2 N–H and O–H groups in total. The molecule has 1 aromatic heterocycles. The highest BCUT2D eigenvalue weighted by atomic mass is 16.2. The molecule has 144 valence electrons. The van der Waals surface area contributed by atoms with Gasteiger partial charge >= 0.3 is 0 Å². The molecule has 1 aliphatic heterocycles. The van der Waals surface area contributed by atoms with E-state index in [2.05, 4.69) is 48.7 Å². The van der Waals surface area contributed by atoms with Crippen LogP contribution in [-0.2, 0) is 16.9 Å². The molecular formula is C23H26N4O. The lowest BCUT2D eigenvalue weighted by atomic mass is 9.96. The molecule has 2 aliphatic rings. The Labute approximate surface area is 165 Å². The van der Waals surface area contributed by atoms with E-state index in [4.69, 9.17) is 5.10 Å². The average Bonchev–Trinajstić information content (AvgIpc) is 3.01. The van der Waals surface area contributed by atoms with E-state index in [1.54, 1.807) is 0 Å². The highest BCUT2D eigenvalue weighted by Crippen LogP contribution is 2.49. The normalized spacial score (nSPS) is 23.6. The number of nitrogens with one attached hydrogen (secondary N) is 2. The maximum Gasteiger partial charge on any atom is 0.224 e. The Kier molecular flexibility index (Phi) is 4.02. The number of aromatic nitrogens is 2. The van der Waals surface area contributed by atoms with Crippen molar-refractivity contribution in [3.63, 3.8) is 0 Å². The van der Waals surface area contributed by atoms with Gasteiger partial charge < -0.3 is 10.6 Å². The van der Waals surface area contributed by atoms with Gasteiger partial charge in [-0.15, -0.1) is 0 Å². The molecule has 1 saturated heterocycles. The summed E-state index contributed by atoms with van der Waals surface area (Å²) in [4.78, 5) is 12.9. The predicted molar refractivity (Wildman–Crippen MR) is 110 cm³/mol. The minimum absolute atomic E-state index is 0.165. The molecule has 28 heavy (non-hydrogen) atoms. The lowest BCUT2D eigenvalue weighted by molar-refractivity contribution is -0.124. The topological polar surface area (TPSA) is 59.0 Å². The molecule has 2 heterocycles. The zero-order chi connectivity index (χ0) is 19.3. The molecule has 1 unspecified atom stereocenters. The summed E-state index contributed by atoms with van der Waals surface area (Å²) in [6, 6.07) is 18.6. The summed E-state index contributed by atoms with van der Waals surface area (Å²) >= 11 is 0. The predicted octanol–water partition coefficient (Wildman–Crippen LogP) is 2.90. The number of carbonyl (C=O) groups is 1. The Bertz CT molecular complexity index is 1010. The second kappa shape index (κ2) is 6.45. The maximum absolute atomic E-state index is 12.9. The SMILES string of the molecule is CC(C)(NC(=O)C1[C@H]2CNC[C@@H]12)c1nn(Cc2ccccc2)c2ccccc12. The van der Waals surface area contributed by atoms with E-state index < -0.39 is 5.54 Å². The first kappa shape index (κ1) is 17.4. The molecule has 5 heteroatoms. The highest BCUT2D eigenvalue weighted by molar-refractivity contribution is 5.86. The quantitative estimate of drug-likeness (QED) is 0.722. The summed E-state index contributed by atoms with van der Waals surface area (Å²) in [5.74, 6) is 1.37. The molecule has 3 atom stereocenters. The van der Waals surface area contributed by atoms with E-state index in [1.807, 2.05) is 35.0 Å². The number of hydrogen-bond acceptors (Lipinski definition) is 3. The van der Waals surface area contributed by atoms with Crippen molar-refractivity contribution in [1.82, 2.24) is 20.4 Å². The van der Waals surface area contributed by atoms with Crippen LogP contribution in [-0.4, -0.2) is 28.8 Å².